The Morgan fingerprint density at radius 3 is 1.13 bits per heavy atom. The third-order valence-corrected chi connectivity index (χ3v) is 14.7. The van der Waals surface area contributed by atoms with E-state index in [1.54, 1.807) is 0 Å². The number of nitrogens with zero attached hydrogens (tertiary/aromatic N) is 1. The molecule has 0 rings (SSSR count). The molecule has 0 aliphatic heterocycles. The van der Waals surface area contributed by atoms with Gasteiger partial charge < -0.3 is 19.8 Å². The standard InChI is InChI=1S/C69H121N2O6P/c1-6-8-10-12-14-16-18-20-22-24-26-28-29-30-31-32-33-34-35-36-37-38-39-40-41-43-45-47-49-51-53-55-57-59-61-63-69(73)70-67(66-77-78(74,75)76-65-64-71(3,4)5)68(72)62-60-58-56-54-52-50-48-46-44-42-27-25-23-21-19-17-15-13-11-9-7-2/h8,10,14,16,20,22,26,28,30-31,33-34,36-37,39-40,43,45,49,51,67-68,72H,6-7,9,11-13,15,17-19,21,23-25,27,29,32,35,38,41-42,44,46-48,50,52-66H2,1-5H3,(H-,70,73,74,75)/p+1/b10-8-,16-14-,22-20-,28-26-,31-30-,34-33-,37-36-,40-39-,45-43-,51-49-. The molecule has 0 heterocycles. The second-order valence-corrected chi connectivity index (χ2v) is 23.9. The fourth-order valence-electron chi connectivity index (χ4n) is 8.78. The molecule has 0 saturated heterocycles. The quantitative estimate of drug-likeness (QED) is 0.0243. The van der Waals surface area contributed by atoms with Crippen molar-refractivity contribution in [2.75, 3.05) is 40.9 Å². The van der Waals surface area contributed by atoms with E-state index in [9.17, 15) is 19.4 Å². The first-order valence-corrected chi connectivity index (χ1v) is 33.4. The van der Waals surface area contributed by atoms with Crippen molar-refractivity contribution in [3.05, 3.63) is 122 Å². The molecular weight excluding hydrogens is 984 g/mol. The third kappa shape index (κ3) is 60.5. The van der Waals surface area contributed by atoms with Crippen molar-refractivity contribution in [2.45, 2.75) is 270 Å². The first kappa shape index (κ1) is 74.9. The van der Waals surface area contributed by atoms with E-state index in [1.807, 2.05) is 21.1 Å². The molecule has 3 N–H and O–H groups in total. The molecule has 0 radical (unpaired) electrons. The zero-order valence-electron chi connectivity index (χ0n) is 51.1. The van der Waals surface area contributed by atoms with Crippen LogP contribution >= 0.6 is 7.82 Å². The van der Waals surface area contributed by atoms with Crippen LogP contribution < -0.4 is 5.32 Å². The Balaban J connectivity index is 4.22. The number of aliphatic hydroxyl groups is 1. The number of hydrogen-bond donors (Lipinski definition) is 3. The molecule has 0 aliphatic rings. The molecule has 0 fully saturated rings. The molecule has 0 spiro atoms. The smallest absolute Gasteiger partial charge is 0.391 e. The van der Waals surface area contributed by atoms with Crippen LogP contribution in [-0.4, -0.2) is 73.4 Å². The Bertz CT molecular complexity index is 1680. The minimum Gasteiger partial charge on any atom is -0.391 e. The summed E-state index contributed by atoms with van der Waals surface area (Å²) in [6, 6.07) is -0.785. The van der Waals surface area contributed by atoms with Crippen LogP contribution in [0.25, 0.3) is 0 Å². The average Bonchev–Trinajstić information content (AvgIpc) is 3.41. The number of unbranched alkanes of at least 4 members (excludes halogenated alkanes) is 24. The lowest BCUT2D eigenvalue weighted by atomic mass is 10.0. The molecular formula is C69H122N2O6P+. The van der Waals surface area contributed by atoms with Crippen molar-refractivity contribution >= 4 is 13.7 Å². The highest BCUT2D eigenvalue weighted by Gasteiger charge is 2.28. The minimum atomic E-state index is -4.34. The predicted molar refractivity (Wildman–Crippen MR) is 341 cm³/mol. The molecule has 78 heavy (non-hydrogen) atoms. The van der Waals surface area contributed by atoms with Crippen molar-refractivity contribution in [1.82, 2.24) is 5.32 Å². The maximum absolute atomic E-state index is 13.0. The van der Waals surface area contributed by atoms with Crippen molar-refractivity contribution in [2.24, 2.45) is 0 Å². The Morgan fingerprint density at radius 1 is 0.449 bits per heavy atom. The third-order valence-electron chi connectivity index (χ3n) is 13.7. The van der Waals surface area contributed by atoms with E-state index >= 15 is 0 Å². The summed E-state index contributed by atoms with van der Waals surface area (Å²) in [6.45, 7) is 4.76. The lowest BCUT2D eigenvalue weighted by molar-refractivity contribution is -0.870. The molecule has 9 heteroatoms. The second-order valence-electron chi connectivity index (χ2n) is 22.4. The van der Waals surface area contributed by atoms with E-state index in [-0.39, 0.29) is 19.1 Å². The Morgan fingerprint density at radius 2 is 0.769 bits per heavy atom. The van der Waals surface area contributed by atoms with Crippen LogP contribution in [0.4, 0.5) is 0 Å². The maximum Gasteiger partial charge on any atom is 0.472 e. The lowest BCUT2D eigenvalue weighted by Gasteiger charge is -2.26. The molecule has 0 saturated carbocycles. The summed E-state index contributed by atoms with van der Waals surface area (Å²) in [5, 5.41) is 14.1. The van der Waals surface area contributed by atoms with Gasteiger partial charge in [-0.2, -0.15) is 0 Å². The van der Waals surface area contributed by atoms with Crippen LogP contribution in [-0.2, 0) is 18.4 Å². The molecule has 0 aromatic carbocycles. The highest BCUT2D eigenvalue weighted by molar-refractivity contribution is 7.47. The van der Waals surface area contributed by atoms with Crippen molar-refractivity contribution in [1.29, 1.82) is 0 Å². The Hall–Kier alpha value is -3.10. The van der Waals surface area contributed by atoms with Crippen molar-refractivity contribution < 1.29 is 32.9 Å². The molecule has 1 amide bonds. The van der Waals surface area contributed by atoms with Gasteiger partial charge in [0.15, 0.2) is 0 Å². The van der Waals surface area contributed by atoms with Gasteiger partial charge in [0.2, 0.25) is 5.91 Å². The summed E-state index contributed by atoms with van der Waals surface area (Å²) in [5.74, 6) is -0.171. The van der Waals surface area contributed by atoms with Crippen LogP contribution in [0.3, 0.4) is 0 Å². The number of amides is 1. The lowest BCUT2D eigenvalue weighted by Crippen LogP contribution is -2.46. The number of quaternary nitrogens is 1. The molecule has 0 aliphatic carbocycles. The average molecular weight is 1110 g/mol. The SMILES string of the molecule is CC/C=C\C/C=C\C/C=C\C/C=C\C/C=C\C/C=C\C/C=C\C/C=C\C/C=C\C/C=C\CCCCCCC(=O)NC(COP(=O)(O)OCC[N+](C)(C)C)C(O)CCCCCCCCCCCCCCCCCCCCCCC. The van der Waals surface area contributed by atoms with Gasteiger partial charge in [0, 0.05) is 6.42 Å². The van der Waals surface area contributed by atoms with Crippen molar-refractivity contribution in [3.63, 3.8) is 0 Å². The van der Waals surface area contributed by atoms with Crippen LogP contribution in [0.5, 0.6) is 0 Å². The number of phosphoric ester groups is 1. The monoisotopic (exact) mass is 1110 g/mol. The van der Waals surface area contributed by atoms with E-state index in [0.717, 1.165) is 116 Å². The van der Waals surface area contributed by atoms with E-state index in [2.05, 4.69) is 141 Å². The Labute approximate surface area is 482 Å². The van der Waals surface area contributed by atoms with Crippen LogP contribution in [0.15, 0.2) is 122 Å². The molecule has 0 bridgehead atoms. The number of allylic oxidation sites excluding steroid dienone is 20. The van der Waals surface area contributed by atoms with Gasteiger partial charge in [-0.15, -0.1) is 0 Å². The summed E-state index contributed by atoms with van der Waals surface area (Å²) in [4.78, 5) is 23.4. The summed E-state index contributed by atoms with van der Waals surface area (Å²) in [6.07, 6.45) is 87.0. The molecule has 448 valence electrons. The molecule has 8 nitrogen and oxygen atoms in total. The summed E-state index contributed by atoms with van der Waals surface area (Å²) < 4.78 is 23.8. The van der Waals surface area contributed by atoms with Gasteiger partial charge in [0.1, 0.15) is 13.2 Å². The number of phosphoric acid groups is 1. The van der Waals surface area contributed by atoms with Crippen LogP contribution in [0.2, 0.25) is 0 Å². The number of carbonyl (C=O) groups excluding carboxylic acids is 1. The number of hydrogen-bond acceptors (Lipinski definition) is 5. The highest BCUT2D eigenvalue weighted by Crippen LogP contribution is 2.43. The number of nitrogens with one attached hydrogen (secondary N) is 1. The first-order chi connectivity index (χ1) is 38.0. The van der Waals surface area contributed by atoms with Gasteiger partial charge in [-0.1, -0.05) is 283 Å². The molecule has 0 aromatic heterocycles. The van der Waals surface area contributed by atoms with Crippen LogP contribution in [0, 0.1) is 0 Å². The Kier molecular flexibility index (Phi) is 56.2. The fraction of sp³-hybridized carbons (Fsp3) is 0.696. The first-order valence-electron chi connectivity index (χ1n) is 31.9. The molecule has 3 atom stereocenters. The van der Waals surface area contributed by atoms with E-state index in [4.69, 9.17) is 9.05 Å². The number of likely N-dealkylation sites (N-methyl/N-ethyl adjacent to an activating group) is 1. The van der Waals surface area contributed by atoms with E-state index in [1.165, 1.54) is 116 Å². The van der Waals surface area contributed by atoms with Gasteiger partial charge in [-0.25, -0.2) is 4.57 Å². The fourth-order valence-corrected chi connectivity index (χ4v) is 9.52. The predicted octanol–water partition coefficient (Wildman–Crippen LogP) is 20.1. The van der Waals surface area contributed by atoms with E-state index < -0.39 is 20.0 Å². The van der Waals surface area contributed by atoms with Gasteiger partial charge in [0.05, 0.1) is 39.9 Å². The van der Waals surface area contributed by atoms with Crippen molar-refractivity contribution in [3.8, 4) is 0 Å². The zero-order valence-corrected chi connectivity index (χ0v) is 52.0. The summed E-state index contributed by atoms with van der Waals surface area (Å²) in [7, 11) is 1.58. The summed E-state index contributed by atoms with van der Waals surface area (Å²) >= 11 is 0. The van der Waals surface area contributed by atoms with Gasteiger partial charge >= 0.3 is 7.82 Å². The minimum absolute atomic E-state index is 0.0632. The van der Waals surface area contributed by atoms with Gasteiger partial charge in [-0.05, 0) is 89.9 Å². The number of aliphatic hydroxyl groups excluding tert-OH is 1. The van der Waals surface area contributed by atoms with E-state index in [0.29, 0.717) is 23.9 Å². The number of carbonyl (C=O) groups is 1. The highest BCUT2D eigenvalue weighted by atomic mass is 31.2. The normalized spacial score (nSPS) is 14.6. The molecule has 0 aromatic rings. The maximum atomic E-state index is 13.0. The summed E-state index contributed by atoms with van der Waals surface area (Å²) in [5.41, 5.74) is 0. The van der Waals surface area contributed by atoms with Gasteiger partial charge in [-0.3, -0.25) is 13.8 Å². The van der Waals surface area contributed by atoms with Gasteiger partial charge in [0.25, 0.3) is 0 Å². The number of rotatable bonds is 57. The second kappa shape index (κ2) is 58.6. The largest absolute Gasteiger partial charge is 0.472 e. The van der Waals surface area contributed by atoms with Crippen LogP contribution in [0.1, 0.15) is 258 Å². The zero-order chi connectivity index (χ0) is 57.0. The topological polar surface area (TPSA) is 105 Å². The molecule has 3 unspecified atom stereocenters.